The van der Waals surface area contributed by atoms with Crippen molar-refractivity contribution >= 4 is 32.9 Å². The lowest BCUT2D eigenvalue weighted by molar-refractivity contribution is 0.238. The van der Waals surface area contributed by atoms with Crippen molar-refractivity contribution < 1.29 is 9.47 Å². The Bertz CT molecular complexity index is 1550. The minimum Gasteiger partial charge on any atom is -0.485 e. The third-order valence-electron chi connectivity index (χ3n) is 8.11. The predicted molar refractivity (Wildman–Crippen MR) is 156 cm³/mol. The summed E-state index contributed by atoms with van der Waals surface area (Å²) >= 11 is 0. The number of rotatable bonds is 2. The average molecular weight is 501 g/mol. The maximum atomic E-state index is 6.36. The van der Waals surface area contributed by atoms with Crippen LogP contribution in [0, 0.1) is 0 Å². The van der Waals surface area contributed by atoms with E-state index in [0.29, 0.717) is 13.2 Å². The molecule has 0 bridgehead atoms. The Labute approximate surface area is 224 Å². The van der Waals surface area contributed by atoms with E-state index in [1.54, 1.807) is 0 Å². The van der Waals surface area contributed by atoms with E-state index < -0.39 is 0 Å². The van der Waals surface area contributed by atoms with Gasteiger partial charge in [0.05, 0.1) is 11.4 Å². The molecule has 0 atom stereocenters. The first-order chi connectivity index (χ1) is 18.7. The second-order valence-electron chi connectivity index (χ2n) is 10.3. The largest absolute Gasteiger partial charge is 0.485 e. The lowest BCUT2D eigenvalue weighted by Gasteiger charge is -2.36. The van der Waals surface area contributed by atoms with Crippen molar-refractivity contribution in [1.29, 1.82) is 0 Å². The Morgan fingerprint density at radius 3 is 1.32 bits per heavy atom. The SMILES string of the molecule is CCN1Cc2cc3c(cc2CN(CC)c2cc4ccccc4cc21)COc1cc2ccccc2cc1OC3. The number of ether oxygens (including phenoxy) is 2. The zero-order chi connectivity index (χ0) is 25.6. The molecule has 2 heterocycles. The van der Waals surface area contributed by atoms with E-state index in [1.807, 2.05) is 0 Å². The van der Waals surface area contributed by atoms with E-state index in [9.17, 15) is 0 Å². The zero-order valence-electron chi connectivity index (χ0n) is 22.0. The van der Waals surface area contributed by atoms with Gasteiger partial charge in [-0.15, -0.1) is 0 Å². The average Bonchev–Trinajstić information content (AvgIpc) is 2.94. The van der Waals surface area contributed by atoms with Gasteiger partial charge < -0.3 is 19.3 Å². The summed E-state index contributed by atoms with van der Waals surface area (Å²) in [4.78, 5) is 5.02. The summed E-state index contributed by atoms with van der Waals surface area (Å²) in [5, 5.41) is 4.91. The molecule has 0 aromatic heterocycles. The molecule has 190 valence electrons. The highest BCUT2D eigenvalue weighted by atomic mass is 16.5. The molecule has 0 aliphatic carbocycles. The van der Waals surface area contributed by atoms with Gasteiger partial charge in [0.25, 0.3) is 0 Å². The van der Waals surface area contributed by atoms with Crippen LogP contribution in [-0.2, 0) is 26.3 Å². The van der Waals surface area contributed by atoms with E-state index in [-0.39, 0.29) is 0 Å². The predicted octanol–water partition coefficient (Wildman–Crippen LogP) is 7.83. The Morgan fingerprint density at radius 2 is 0.921 bits per heavy atom. The topological polar surface area (TPSA) is 24.9 Å². The first kappa shape index (κ1) is 23.0. The van der Waals surface area contributed by atoms with Crippen LogP contribution in [0.15, 0.2) is 84.9 Å². The van der Waals surface area contributed by atoms with Gasteiger partial charge in [-0.2, -0.15) is 0 Å². The first-order valence-corrected chi connectivity index (χ1v) is 13.6. The summed E-state index contributed by atoms with van der Waals surface area (Å²) in [5.41, 5.74) is 7.77. The minimum absolute atomic E-state index is 0.544. The molecule has 0 fully saturated rings. The summed E-state index contributed by atoms with van der Waals surface area (Å²) in [7, 11) is 0. The van der Waals surface area contributed by atoms with Gasteiger partial charge in [0.1, 0.15) is 13.2 Å². The lowest BCUT2D eigenvalue weighted by Crippen LogP contribution is -2.32. The molecule has 2 aliphatic rings. The highest BCUT2D eigenvalue weighted by Gasteiger charge is 2.24. The fourth-order valence-electron chi connectivity index (χ4n) is 5.96. The molecule has 0 amide bonds. The van der Waals surface area contributed by atoms with Crippen LogP contribution >= 0.6 is 0 Å². The van der Waals surface area contributed by atoms with Gasteiger partial charge in [-0.25, -0.2) is 0 Å². The van der Waals surface area contributed by atoms with Crippen LogP contribution in [0.25, 0.3) is 21.5 Å². The summed E-state index contributed by atoms with van der Waals surface area (Å²) in [5.74, 6) is 1.63. The fraction of sp³-hybridized carbons (Fsp3) is 0.235. The van der Waals surface area contributed by atoms with Crippen LogP contribution in [0.2, 0.25) is 0 Å². The fourth-order valence-corrected chi connectivity index (χ4v) is 5.96. The molecular weight excluding hydrogens is 468 g/mol. The Kier molecular flexibility index (Phi) is 5.61. The van der Waals surface area contributed by atoms with Crippen LogP contribution < -0.4 is 19.3 Å². The van der Waals surface area contributed by atoms with Gasteiger partial charge in [0.2, 0.25) is 0 Å². The van der Waals surface area contributed by atoms with Crippen molar-refractivity contribution in [3.8, 4) is 11.5 Å². The van der Waals surface area contributed by atoms with Crippen LogP contribution in [0.5, 0.6) is 11.5 Å². The zero-order valence-corrected chi connectivity index (χ0v) is 22.0. The minimum atomic E-state index is 0.544. The molecule has 0 saturated carbocycles. The molecule has 0 radical (unpaired) electrons. The van der Waals surface area contributed by atoms with E-state index in [4.69, 9.17) is 9.47 Å². The third kappa shape index (κ3) is 3.92. The van der Waals surface area contributed by atoms with Crippen molar-refractivity contribution in [2.24, 2.45) is 0 Å². The second kappa shape index (κ2) is 9.29. The van der Waals surface area contributed by atoms with Crippen LogP contribution in [0.3, 0.4) is 0 Å². The molecule has 0 N–H and O–H groups in total. The van der Waals surface area contributed by atoms with E-state index >= 15 is 0 Å². The van der Waals surface area contributed by atoms with Gasteiger partial charge in [-0.1, -0.05) is 48.5 Å². The molecule has 0 saturated heterocycles. The van der Waals surface area contributed by atoms with Crippen LogP contribution in [0.1, 0.15) is 36.1 Å². The normalized spacial score (nSPS) is 14.7. The van der Waals surface area contributed by atoms with Gasteiger partial charge in [0.15, 0.2) is 11.5 Å². The Balaban J connectivity index is 1.29. The Hall–Kier alpha value is -4.18. The van der Waals surface area contributed by atoms with Gasteiger partial charge in [-0.05, 0) is 94.0 Å². The van der Waals surface area contributed by atoms with Gasteiger partial charge in [0, 0.05) is 26.2 Å². The van der Waals surface area contributed by atoms with E-state index in [2.05, 4.69) is 109 Å². The number of fused-ring (bicyclic) bond motifs is 6. The number of hydrogen-bond donors (Lipinski definition) is 0. The summed E-state index contributed by atoms with van der Waals surface area (Å²) in [6, 6.07) is 30.7. The smallest absolute Gasteiger partial charge is 0.162 e. The summed E-state index contributed by atoms with van der Waals surface area (Å²) < 4.78 is 12.7. The van der Waals surface area contributed by atoms with Crippen LogP contribution in [-0.4, -0.2) is 13.1 Å². The standard InChI is InChI=1S/C34H32N2O2/c1-3-35-19-27-13-29-21-37-33-17-25-11-7-8-12-26(25)18-34(33)38-22-30(29)14-28(27)20-36(4-2)32-16-24-10-6-5-9-23(24)15-31(32)35/h5-18H,3-4,19-22H2,1-2H3. The number of nitrogens with zero attached hydrogens (tertiary/aromatic N) is 2. The highest BCUT2D eigenvalue weighted by molar-refractivity contribution is 5.93. The first-order valence-electron chi connectivity index (χ1n) is 13.6. The highest BCUT2D eigenvalue weighted by Crippen LogP contribution is 2.40. The van der Waals surface area contributed by atoms with Gasteiger partial charge in [-0.3, -0.25) is 0 Å². The molecule has 4 heteroatoms. The molecule has 5 aromatic rings. The monoisotopic (exact) mass is 500 g/mol. The van der Waals surface area contributed by atoms with Crippen molar-refractivity contribution in [2.45, 2.75) is 40.2 Å². The second-order valence-corrected chi connectivity index (χ2v) is 10.3. The lowest BCUT2D eigenvalue weighted by atomic mass is 9.95. The summed E-state index contributed by atoms with van der Waals surface area (Å²) in [6.07, 6.45) is 0. The summed E-state index contributed by atoms with van der Waals surface area (Å²) in [6.45, 7) is 9.24. The Morgan fingerprint density at radius 1 is 0.526 bits per heavy atom. The number of benzene rings is 5. The van der Waals surface area contributed by atoms with Crippen molar-refractivity contribution in [3.05, 3.63) is 107 Å². The molecule has 38 heavy (non-hydrogen) atoms. The van der Waals surface area contributed by atoms with E-state index in [0.717, 1.165) is 37.7 Å². The van der Waals surface area contributed by atoms with Crippen LogP contribution in [0.4, 0.5) is 11.4 Å². The molecule has 0 unspecified atom stereocenters. The van der Waals surface area contributed by atoms with Crippen molar-refractivity contribution in [2.75, 3.05) is 22.9 Å². The molecule has 0 spiro atoms. The maximum Gasteiger partial charge on any atom is 0.162 e. The molecule has 2 aliphatic heterocycles. The number of anilines is 2. The van der Waals surface area contributed by atoms with Crippen molar-refractivity contribution in [3.63, 3.8) is 0 Å². The molecule has 7 rings (SSSR count). The third-order valence-corrected chi connectivity index (χ3v) is 8.11. The van der Waals surface area contributed by atoms with Crippen molar-refractivity contribution in [1.82, 2.24) is 0 Å². The van der Waals surface area contributed by atoms with E-state index in [1.165, 1.54) is 55.2 Å². The maximum absolute atomic E-state index is 6.36. The van der Waals surface area contributed by atoms with Gasteiger partial charge >= 0.3 is 0 Å². The molecule has 4 nitrogen and oxygen atoms in total. The molecule has 5 aromatic carbocycles. The number of hydrogen-bond acceptors (Lipinski definition) is 4. The quantitative estimate of drug-likeness (QED) is 0.247. The molecular formula is C34H32N2O2.